The van der Waals surface area contributed by atoms with Gasteiger partial charge in [-0.15, -0.1) is 23.5 Å². The van der Waals surface area contributed by atoms with Crippen LogP contribution in [0.2, 0.25) is 0 Å². The maximum atomic E-state index is 2.26. The third-order valence-corrected chi connectivity index (χ3v) is 10.6. The van der Waals surface area contributed by atoms with E-state index >= 15 is 0 Å². The smallest absolute Gasteiger partial charge is 0.0717 e. The largest absolute Gasteiger partial charge is 0.116 e. The number of hydrogen-bond donors (Lipinski definition) is 0. The lowest BCUT2D eigenvalue weighted by atomic mass is 10.8. The van der Waals surface area contributed by atoms with Gasteiger partial charge in [-0.1, -0.05) is 47.0 Å². The Morgan fingerprint density at radius 3 is 2.07 bits per heavy atom. The summed E-state index contributed by atoms with van der Waals surface area (Å²) >= 11 is 11.8. The van der Waals surface area contributed by atoms with Gasteiger partial charge in [0.05, 0.1) is 16.9 Å². The van der Waals surface area contributed by atoms with Crippen LogP contribution in [0.25, 0.3) is 0 Å². The van der Waals surface area contributed by atoms with Gasteiger partial charge in [0.2, 0.25) is 0 Å². The fourth-order valence-corrected chi connectivity index (χ4v) is 9.68. The van der Waals surface area contributed by atoms with Crippen molar-refractivity contribution in [3.63, 3.8) is 0 Å². The first-order valence-corrected chi connectivity index (χ1v) is 9.74. The molecule has 3 aliphatic heterocycles. The van der Waals surface area contributed by atoms with Crippen molar-refractivity contribution in [2.75, 3.05) is 11.5 Å². The predicted octanol–water partition coefficient (Wildman–Crippen LogP) is 5.54. The molecule has 0 unspecified atom stereocenters. The molecule has 0 N–H and O–H groups in total. The van der Waals surface area contributed by atoms with E-state index < -0.39 is 0 Å². The topological polar surface area (TPSA) is 0 Å². The summed E-state index contributed by atoms with van der Waals surface area (Å²) in [4.78, 5) is 1.42. The number of allylic oxidation sites excluding steroid dienone is 1. The summed E-state index contributed by atoms with van der Waals surface area (Å²) < 4.78 is 6.08. The SMILES string of the molecule is CC1=CSC(=C2SC3=C(SCCS3)S2)S1. The van der Waals surface area contributed by atoms with Gasteiger partial charge in [-0.25, -0.2) is 0 Å². The molecule has 3 rings (SSSR count). The Hall–Kier alpha value is 1.32. The fourth-order valence-electron chi connectivity index (χ4n) is 1.22. The van der Waals surface area contributed by atoms with Crippen molar-refractivity contribution < 1.29 is 0 Å². The van der Waals surface area contributed by atoms with E-state index in [0.29, 0.717) is 0 Å². The molecule has 3 aliphatic rings. The molecule has 80 valence electrons. The first-order chi connectivity index (χ1) is 7.33. The Labute approximate surface area is 115 Å². The van der Waals surface area contributed by atoms with E-state index in [-0.39, 0.29) is 0 Å². The molecule has 0 fully saturated rings. The third-order valence-electron chi connectivity index (χ3n) is 1.84. The summed E-state index contributed by atoms with van der Waals surface area (Å²) in [7, 11) is 0. The minimum absolute atomic E-state index is 1.28. The Kier molecular flexibility index (Phi) is 3.73. The molecule has 0 aliphatic carbocycles. The van der Waals surface area contributed by atoms with E-state index in [1.807, 2.05) is 70.6 Å². The van der Waals surface area contributed by atoms with Crippen molar-refractivity contribution in [1.29, 1.82) is 0 Å². The maximum absolute atomic E-state index is 2.26. The highest BCUT2D eigenvalue weighted by Gasteiger charge is 2.28. The van der Waals surface area contributed by atoms with Crippen molar-refractivity contribution in [1.82, 2.24) is 0 Å². The number of hydrogen-bond acceptors (Lipinski definition) is 6. The van der Waals surface area contributed by atoms with Gasteiger partial charge >= 0.3 is 0 Å². The van der Waals surface area contributed by atoms with Crippen molar-refractivity contribution >= 4 is 70.6 Å². The van der Waals surface area contributed by atoms with E-state index in [1.165, 1.54) is 24.9 Å². The maximum Gasteiger partial charge on any atom is 0.0717 e. The highest BCUT2D eigenvalue weighted by molar-refractivity contribution is 8.43. The molecule has 0 atom stereocenters. The summed E-state index contributed by atoms with van der Waals surface area (Å²) in [5.74, 6) is 2.55. The van der Waals surface area contributed by atoms with Crippen molar-refractivity contribution in [3.8, 4) is 0 Å². The van der Waals surface area contributed by atoms with Crippen LogP contribution in [-0.4, -0.2) is 11.5 Å². The van der Waals surface area contributed by atoms with Crippen LogP contribution in [0.5, 0.6) is 0 Å². The van der Waals surface area contributed by atoms with Crippen LogP contribution in [0, 0.1) is 0 Å². The molecule has 0 amide bonds. The Balaban J connectivity index is 1.79. The van der Waals surface area contributed by atoms with Gasteiger partial charge in [0.25, 0.3) is 0 Å². The quantitative estimate of drug-likeness (QED) is 0.572. The van der Waals surface area contributed by atoms with Gasteiger partial charge in [-0.05, 0) is 17.2 Å². The summed E-state index contributed by atoms with van der Waals surface area (Å²) in [6.07, 6.45) is 0. The van der Waals surface area contributed by atoms with E-state index in [2.05, 4.69) is 12.3 Å². The van der Waals surface area contributed by atoms with Gasteiger partial charge in [-0.3, -0.25) is 0 Å². The average molecular weight is 309 g/mol. The molecule has 0 spiro atoms. The number of rotatable bonds is 0. The van der Waals surface area contributed by atoms with Crippen LogP contribution in [-0.2, 0) is 0 Å². The molecule has 0 bridgehead atoms. The first kappa shape index (κ1) is 11.4. The molecule has 0 aromatic carbocycles. The van der Waals surface area contributed by atoms with Crippen LogP contribution in [0.15, 0.2) is 27.3 Å². The highest BCUT2D eigenvalue weighted by Crippen LogP contribution is 2.63. The zero-order valence-electron chi connectivity index (χ0n) is 7.94. The lowest BCUT2D eigenvalue weighted by molar-refractivity contribution is 1.56. The minimum Gasteiger partial charge on any atom is -0.116 e. The molecule has 15 heavy (non-hydrogen) atoms. The Morgan fingerprint density at radius 1 is 0.867 bits per heavy atom. The molecule has 0 radical (unpaired) electrons. The van der Waals surface area contributed by atoms with Gasteiger partial charge in [0.1, 0.15) is 0 Å². The zero-order chi connectivity index (χ0) is 10.3. The first-order valence-electron chi connectivity index (χ1n) is 4.44. The summed E-state index contributed by atoms with van der Waals surface area (Å²) in [6, 6.07) is 0. The second-order valence-corrected chi connectivity index (χ2v) is 10.4. The van der Waals surface area contributed by atoms with E-state index in [0.717, 1.165) is 0 Å². The number of thioether (sulfide) groups is 6. The summed E-state index contributed by atoms with van der Waals surface area (Å²) in [6.45, 7) is 2.19. The van der Waals surface area contributed by atoms with E-state index in [1.54, 1.807) is 8.47 Å². The van der Waals surface area contributed by atoms with Gasteiger partial charge in [0, 0.05) is 11.5 Å². The van der Waals surface area contributed by atoms with Crippen molar-refractivity contribution in [2.24, 2.45) is 0 Å². The third kappa shape index (κ3) is 2.45. The van der Waals surface area contributed by atoms with Crippen LogP contribution < -0.4 is 0 Å². The van der Waals surface area contributed by atoms with Gasteiger partial charge in [-0.2, -0.15) is 0 Å². The van der Waals surface area contributed by atoms with E-state index in [9.17, 15) is 0 Å². The molecule has 0 aromatic rings. The summed E-state index contributed by atoms with van der Waals surface area (Å²) in [5.41, 5.74) is 0. The van der Waals surface area contributed by atoms with Crippen molar-refractivity contribution in [2.45, 2.75) is 6.92 Å². The standard InChI is InChI=1S/C9H8S6/c1-5-4-12-8(13-5)9-14-6-7(15-9)11-3-2-10-6/h4H,2-3H2,1H3. The second-order valence-electron chi connectivity index (χ2n) is 3.00. The molecular formula is C9H8S6. The normalized spacial score (nSPS) is 26.1. The second kappa shape index (κ2) is 4.90. The zero-order valence-corrected chi connectivity index (χ0v) is 12.8. The van der Waals surface area contributed by atoms with Crippen LogP contribution >= 0.6 is 70.6 Å². The molecule has 0 saturated heterocycles. The molecule has 0 aromatic heterocycles. The monoisotopic (exact) mass is 308 g/mol. The molecule has 6 heteroatoms. The predicted molar refractivity (Wildman–Crippen MR) is 83.1 cm³/mol. The van der Waals surface area contributed by atoms with E-state index in [4.69, 9.17) is 0 Å². The molecular weight excluding hydrogens is 301 g/mol. The Morgan fingerprint density at radius 2 is 1.53 bits per heavy atom. The fraction of sp³-hybridized carbons (Fsp3) is 0.333. The minimum atomic E-state index is 1.28. The van der Waals surface area contributed by atoms with Gasteiger partial charge < -0.3 is 0 Å². The Bertz CT molecular complexity index is 371. The van der Waals surface area contributed by atoms with Crippen LogP contribution in [0.3, 0.4) is 0 Å². The molecule has 0 saturated carbocycles. The lowest BCUT2D eigenvalue weighted by Crippen LogP contribution is -1.88. The molecule has 3 heterocycles. The highest BCUT2D eigenvalue weighted by atomic mass is 32.3. The van der Waals surface area contributed by atoms with Gasteiger partial charge in [0.15, 0.2) is 0 Å². The van der Waals surface area contributed by atoms with Crippen molar-refractivity contribution in [3.05, 3.63) is 27.3 Å². The average Bonchev–Trinajstić information content (AvgIpc) is 2.82. The van der Waals surface area contributed by atoms with Crippen LogP contribution in [0.4, 0.5) is 0 Å². The van der Waals surface area contributed by atoms with Crippen LogP contribution in [0.1, 0.15) is 6.92 Å². The lowest BCUT2D eigenvalue weighted by Gasteiger charge is -2.08. The molecule has 0 nitrogen and oxygen atoms in total. The summed E-state index contributed by atoms with van der Waals surface area (Å²) in [5, 5.41) is 2.26.